The summed E-state index contributed by atoms with van der Waals surface area (Å²) in [6.45, 7) is 3.90. The van der Waals surface area contributed by atoms with Crippen LogP contribution < -0.4 is 16.2 Å². The fourth-order valence-corrected chi connectivity index (χ4v) is 3.19. The SMILES string of the molecule is CCNCCCCC(=O)Nc1cc(-c2n[nH]c(=O)c3ccccc23)ccc1Cl. The third kappa shape index (κ3) is 4.77. The predicted octanol–water partition coefficient (Wildman–Crippen LogP) is 3.96. The lowest BCUT2D eigenvalue weighted by atomic mass is 10.0. The van der Waals surface area contributed by atoms with Crippen molar-refractivity contribution in [2.75, 3.05) is 18.4 Å². The Balaban J connectivity index is 1.80. The summed E-state index contributed by atoms with van der Waals surface area (Å²) < 4.78 is 0. The van der Waals surface area contributed by atoms with E-state index in [0.29, 0.717) is 28.2 Å². The summed E-state index contributed by atoms with van der Waals surface area (Å²) in [7, 11) is 0. The summed E-state index contributed by atoms with van der Waals surface area (Å²) in [5.74, 6) is -0.0742. The van der Waals surface area contributed by atoms with Crippen molar-refractivity contribution in [1.82, 2.24) is 15.5 Å². The lowest BCUT2D eigenvalue weighted by Crippen LogP contribution is -2.16. The highest BCUT2D eigenvalue weighted by Gasteiger charge is 2.12. The first-order chi connectivity index (χ1) is 13.6. The number of anilines is 1. The van der Waals surface area contributed by atoms with E-state index in [0.717, 1.165) is 36.9 Å². The molecular formula is C21H23ClN4O2. The number of halogens is 1. The number of hydrogen-bond donors (Lipinski definition) is 3. The molecule has 0 atom stereocenters. The molecule has 0 bridgehead atoms. The highest BCUT2D eigenvalue weighted by Crippen LogP contribution is 2.30. The van der Waals surface area contributed by atoms with E-state index >= 15 is 0 Å². The van der Waals surface area contributed by atoms with E-state index < -0.39 is 0 Å². The second kappa shape index (κ2) is 9.48. The van der Waals surface area contributed by atoms with Crippen LogP contribution in [-0.4, -0.2) is 29.2 Å². The zero-order chi connectivity index (χ0) is 19.9. The van der Waals surface area contributed by atoms with Crippen molar-refractivity contribution in [3.63, 3.8) is 0 Å². The zero-order valence-corrected chi connectivity index (χ0v) is 16.5. The van der Waals surface area contributed by atoms with E-state index in [1.54, 1.807) is 18.2 Å². The number of aromatic amines is 1. The van der Waals surface area contributed by atoms with Crippen LogP contribution in [0.1, 0.15) is 26.2 Å². The summed E-state index contributed by atoms with van der Waals surface area (Å²) in [5.41, 5.74) is 1.69. The van der Waals surface area contributed by atoms with Crippen LogP contribution in [0.25, 0.3) is 22.0 Å². The number of carbonyl (C=O) groups excluding carboxylic acids is 1. The summed E-state index contributed by atoms with van der Waals surface area (Å²) in [6.07, 6.45) is 2.19. The molecule has 0 spiro atoms. The van der Waals surface area contributed by atoms with Gasteiger partial charge in [0.25, 0.3) is 5.56 Å². The number of nitrogens with one attached hydrogen (secondary N) is 3. The lowest BCUT2D eigenvalue weighted by molar-refractivity contribution is -0.116. The number of benzene rings is 2. The van der Waals surface area contributed by atoms with E-state index in [9.17, 15) is 9.59 Å². The van der Waals surface area contributed by atoms with Crippen molar-refractivity contribution in [1.29, 1.82) is 0 Å². The highest BCUT2D eigenvalue weighted by atomic mass is 35.5. The van der Waals surface area contributed by atoms with E-state index in [1.165, 1.54) is 0 Å². The number of unbranched alkanes of at least 4 members (excludes halogenated alkanes) is 1. The minimum Gasteiger partial charge on any atom is -0.325 e. The van der Waals surface area contributed by atoms with Crippen LogP contribution in [0.15, 0.2) is 47.3 Å². The summed E-state index contributed by atoms with van der Waals surface area (Å²) >= 11 is 6.27. The van der Waals surface area contributed by atoms with Crippen LogP contribution in [-0.2, 0) is 4.79 Å². The molecule has 0 aliphatic rings. The molecular weight excluding hydrogens is 376 g/mol. The van der Waals surface area contributed by atoms with Gasteiger partial charge in [0, 0.05) is 17.4 Å². The largest absolute Gasteiger partial charge is 0.325 e. The molecule has 146 valence electrons. The van der Waals surface area contributed by atoms with Crippen molar-refractivity contribution < 1.29 is 4.79 Å². The van der Waals surface area contributed by atoms with Crippen molar-refractivity contribution in [2.24, 2.45) is 0 Å². The number of aromatic nitrogens is 2. The quantitative estimate of drug-likeness (QED) is 0.501. The van der Waals surface area contributed by atoms with Crippen LogP contribution in [0.2, 0.25) is 5.02 Å². The molecule has 0 fully saturated rings. The molecule has 3 N–H and O–H groups in total. The topological polar surface area (TPSA) is 86.9 Å². The smallest absolute Gasteiger partial charge is 0.272 e. The normalized spacial score (nSPS) is 10.9. The number of hydrogen-bond acceptors (Lipinski definition) is 4. The molecule has 6 nitrogen and oxygen atoms in total. The molecule has 3 aromatic rings. The number of rotatable bonds is 8. The second-order valence-electron chi connectivity index (χ2n) is 6.50. The van der Waals surface area contributed by atoms with Gasteiger partial charge in [0.15, 0.2) is 0 Å². The van der Waals surface area contributed by atoms with Gasteiger partial charge in [0.1, 0.15) is 0 Å². The third-order valence-corrected chi connectivity index (χ3v) is 4.80. The third-order valence-electron chi connectivity index (χ3n) is 4.47. The van der Waals surface area contributed by atoms with E-state index in [-0.39, 0.29) is 11.5 Å². The first kappa shape index (κ1) is 20.0. The number of amides is 1. The van der Waals surface area contributed by atoms with E-state index in [4.69, 9.17) is 11.6 Å². The van der Waals surface area contributed by atoms with Crippen molar-refractivity contribution in [3.8, 4) is 11.3 Å². The molecule has 7 heteroatoms. The molecule has 0 aliphatic heterocycles. The maximum absolute atomic E-state index is 12.2. The number of carbonyl (C=O) groups is 1. The summed E-state index contributed by atoms with van der Waals surface area (Å²) in [5, 5.41) is 14.6. The number of fused-ring (bicyclic) bond motifs is 1. The van der Waals surface area contributed by atoms with Gasteiger partial charge in [-0.2, -0.15) is 5.10 Å². The molecule has 1 heterocycles. The monoisotopic (exact) mass is 398 g/mol. The molecule has 0 aliphatic carbocycles. The number of H-pyrrole nitrogens is 1. The first-order valence-corrected chi connectivity index (χ1v) is 9.76. The lowest BCUT2D eigenvalue weighted by Gasteiger charge is -2.11. The van der Waals surface area contributed by atoms with Crippen molar-refractivity contribution >= 4 is 34.0 Å². The van der Waals surface area contributed by atoms with Crippen molar-refractivity contribution in [2.45, 2.75) is 26.2 Å². The predicted molar refractivity (Wildman–Crippen MR) is 114 cm³/mol. The Hall–Kier alpha value is -2.70. The molecule has 28 heavy (non-hydrogen) atoms. The van der Waals surface area contributed by atoms with E-state index in [2.05, 4.69) is 27.8 Å². The van der Waals surface area contributed by atoms with Gasteiger partial charge >= 0.3 is 0 Å². The van der Waals surface area contributed by atoms with Gasteiger partial charge in [-0.15, -0.1) is 0 Å². The standard InChI is InChI=1S/C21H23ClN4O2/c1-2-23-12-6-5-9-19(27)24-18-13-14(10-11-17(18)22)20-15-7-3-4-8-16(15)21(28)26-25-20/h3-4,7-8,10-11,13,23H,2,5-6,9,12H2,1H3,(H,24,27)(H,26,28). The Labute approximate surface area is 168 Å². The van der Waals surface area contributed by atoms with Crippen LogP contribution in [0.3, 0.4) is 0 Å². The fraction of sp³-hybridized carbons (Fsp3) is 0.286. The molecule has 3 rings (SSSR count). The van der Waals surface area contributed by atoms with Crippen LogP contribution in [0.4, 0.5) is 5.69 Å². The number of nitrogens with zero attached hydrogens (tertiary/aromatic N) is 1. The van der Waals surface area contributed by atoms with Gasteiger partial charge in [-0.05, 0) is 44.1 Å². The van der Waals surface area contributed by atoms with Gasteiger partial charge in [-0.3, -0.25) is 9.59 Å². The van der Waals surface area contributed by atoms with Gasteiger partial charge in [0.2, 0.25) is 5.91 Å². The Bertz CT molecular complexity index is 1030. The first-order valence-electron chi connectivity index (χ1n) is 9.38. The molecule has 0 saturated carbocycles. The Morgan fingerprint density at radius 1 is 1.14 bits per heavy atom. The molecule has 2 aromatic carbocycles. The second-order valence-corrected chi connectivity index (χ2v) is 6.91. The Morgan fingerprint density at radius 3 is 2.71 bits per heavy atom. The summed E-state index contributed by atoms with van der Waals surface area (Å²) in [4.78, 5) is 24.2. The molecule has 0 saturated heterocycles. The molecule has 1 amide bonds. The maximum atomic E-state index is 12.2. The minimum atomic E-state index is -0.237. The minimum absolute atomic E-state index is 0.0742. The van der Waals surface area contributed by atoms with Gasteiger partial charge < -0.3 is 10.6 Å². The van der Waals surface area contributed by atoms with Crippen LogP contribution in [0, 0.1) is 0 Å². The van der Waals surface area contributed by atoms with Gasteiger partial charge in [0.05, 0.1) is 21.8 Å². The summed E-state index contributed by atoms with van der Waals surface area (Å²) in [6, 6.07) is 12.6. The Morgan fingerprint density at radius 2 is 1.93 bits per heavy atom. The molecule has 1 aromatic heterocycles. The maximum Gasteiger partial charge on any atom is 0.272 e. The zero-order valence-electron chi connectivity index (χ0n) is 15.7. The van der Waals surface area contributed by atoms with Crippen LogP contribution in [0.5, 0.6) is 0 Å². The highest BCUT2D eigenvalue weighted by molar-refractivity contribution is 6.33. The molecule has 0 radical (unpaired) electrons. The average molecular weight is 399 g/mol. The van der Waals surface area contributed by atoms with Gasteiger partial charge in [-0.1, -0.05) is 42.8 Å². The molecule has 0 unspecified atom stereocenters. The fourth-order valence-electron chi connectivity index (χ4n) is 3.03. The van der Waals surface area contributed by atoms with E-state index in [1.807, 2.05) is 24.3 Å². The van der Waals surface area contributed by atoms with Crippen molar-refractivity contribution in [3.05, 3.63) is 57.8 Å². The van der Waals surface area contributed by atoms with Crippen LogP contribution >= 0.6 is 11.6 Å². The van der Waals surface area contributed by atoms with Gasteiger partial charge in [-0.25, -0.2) is 5.10 Å². The Kier molecular flexibility index (Phi) is 6.79. The average Bonchev–Trinajstić information content (AvgIpc) is 2.70.